The molecule has 10 heteroatoms. The lowest BCUT2D eigenvalue weighted by Crippen LogP contribution is -2.17. The summed E-state index contributed by atoms with van der Waals surface area (Å²) in [6.07, 6.45) is 9.51. The highest BCUT2D eigenvalue weighted by Crippen LogP contribution is 2.28. The topological polar surface area (TPSA) is 109 Å². The molecule has 3 N–H and O–H groups in total. The first-order valence-electron chi connectivity index (χ1n) is 9.86. The van der Waals surface area contributed by atoms with E-state index in [0.29, 0.717) is 24.1 Å². The van der Waals surface area contributed by atoms with Crippen LogP contribution in [-0.2, 0) is 6.54 Å². The van der Waals surface area contributed by atoms with Gasteiger partial charge in [-0.15, -0.1) is 5.10 Å². The zero-order valence-corrected chi connectivity index (χ0v) is 16.4. The van der Waals surface area contributed by atoms with Crippen LogP contribution in [-0.4, -0.2) is 36.5 Å². The van der Waals surface area contributed by atoms with E-state index in [0.717, 1.165) is 30.3 Å². The first-order valence-corrected chi connectivity index (χ1v) is 9.86. The monoisotopic (exact) mass is 418 g/mol. The number of amides is 1. The lowest BCUT2D eigenvalue weighted by molar-refractivity contribution is 0.102. The Labute approximate surface area is 176 Å². The molecule has 0 aliphatic heterocycles. The normalized spacial score (nSPS) is 13.2. The van der Waals surface area contributed by atoms with Gasteiger partial charge in [0.25, 0.3) is 5.91 Å². The van der Waals surface area contributed by atoms with Crippen LogP contribution in [0.3, 0.4) is 0 Å². The van der Waals surface area contributed by atoms with E-state index in [4.69, 9.17) is 0 Å². The average Bonchev–Trinajstić information content (AvgIpc) is 3.50. The summed E-state index contributed by atoms with van der Waals surface area (Å²) in [5.74, 6) is -0.559. The van der Waals surface area contributed by atoms with Crippen molar-refractivity contribution in [3.8, 4) is 0 Å². The van der Waals surface area contributed by atoms with Crippen molar-refractivity contribution in [2.45, 2.75) is 25.4 Å². The Bertz CT molecular complexity index is 1240. The summed E-state index contributed by atoms with van der Waals surface area (Å²) >= 11 is 0. The van der Waals surface area contributed by atoms with Crippen LogP contribution in [0.4, 0.5) is 21.6 Å². The molecule has 0 saturated heterocycles. The number of hydrogen-bond acceptors (Lipinski definition) is 7. The fourth-order valence-corrected chi connectivity index (χ4v) is 3.12. The third-order valence-corrected chi connectivity index (χ3v) is 4.88. The molecule has 1 amide bonds. The highest BCUT2D eigenvalue weighted by atomic mass is 19.1. The van der Waals surface area contributed by atoms with Crippen LogP contribution < -0.4 is 16.0 Å². The van der Waals surface area contributed by atoms with Gasteiger partial charge in [-0.25, -0.2) is 13.9 Å². The summed E-state index contributed by atoms with van der Waals surface area (Å²) in [5.41, 5.74) is 2.59. The van der Waals surface area contributed by atoms with Crippen LogP contribution in [0, 0.1) is 5.82 Å². The molecular formula is C21H19FN8O. The van der Waals surface area contributed by atoms with Gasteiger partial charge in [0.2, 0.25) is 0 Å². The zero-order chi connectivity index (χ0) is 21.2. The Kier molecular flexibility index (Phi) is 4.87. The molecule has 9 nitrogen and oxygen atoms in total. The van der Waals surface area contributed by atoms with E-state index in [2.05, 4.69) is 36.0 Å². The maximum atomic E-state index is 13.9. The Morgan fingerprint density at radius 3 is 2.68 bits per heavy atom. The molecule has 156 valence electrons. The zero-order valence-electron chi connectivity index (χ0n) is 16.4. The van der Waals surface area contributed by atoms with E-state index in [1.165, 1.54) is 23.0 Å². The third kappa shape index (κ3) is 4.13. The Morgan fingerprint density at radius 2 is 1.90 bits per heavy atom. The molecule has 5 rings (SSSR count). The van der Waals surface area contributed by atoms with Crippen LogP contribution >= 0.6 is 0 Å². The maximum Gasteiger partial charge on any atom is 0.276 e. The molecule has 1 saturated carbocycles. The second-order valence-corrected chi connectivity index (χ2v) is 7.26. The lowest BCUT2D eigenvalue weighted by atomic mass is 10.3. The molecule has 4 aromatic heterocycles. The van der Waals surface area contributed by atoms with Crippen molar-refractivity contribution in [3.63, 3.8) is 0 Å². The van der Waals surface area contributed by atoms with Crippen molar-refractivity contribution in [2.75, 3.05) is 16.0 Å². The van der Waals surface area contributed by atoms with Gasteiger partial charge in [0.15, 0.2) is 17.2 Å². The molecule has 0 aromatic carbocycles. The highest BCUT2D eigenvalue weighted by Gasteiger charge is 2.24. The van der Waals surface area contributed by atoms with Gasteiger partial charge in [-0.05, 0) is 36.6 Å². The number of hydrogen-bond donors (Lipinski definition) is 3. The van der Waals surface area contributed by atoms with Gasteiger partial charge in [-0.1, -0.05) is 0 Å². The van der Waals surface area contributed by atoms with Crippen molar-refractivity contribution < 1.29 is 9.18 Å². The Hall–Kier alpha value is -4.08. The Morgan fingerprint density at radius 1 is 1.10 bits per heavy atom. The number of nitrogens with zero attached hydrogens (tertiary/aromatic N) is 5. The van der Waals surface area contributed by atoms with Gasteiger partial charge < -0.3 is 16.0 Å². The van der Waals surface area contributed by atoms with Crippen molar-refractivity contribution in [3.05, 3.63) is 72.3 Å². The van der Waals surface area contributed by atoms with E-state index < -0.39 is 11.7 Å². The number of fused-ring (bicyclic) bond motifs is 1. The second-order valence-electron chi connectivity index (χ2n) is 7.26. The molecule has 0 spiro atoms. The third-order valence-electron chi connectivity index (χ3n) is 4.88. The van der Waals surface area contributed by atoms with Gasteiger partial charge in [-0.3, -0.25) is 14.8 Å². The molecule has 0 radical (unpaired) electrons. The minimum absolute atomic E-state index is 0.0400. The van der Waals surface area contributed by atoms with Crippen LogP contribution in [0.1, 0.15) is 28.9 Å². The first-order chi connectivity index (χ1) is 15.2. The largest absolute Gasteiger partial charge is 0.379 e. The fourth-order valence-electron chi connectivity index (χ4n) is 3.12. The standard InChI is InChI=1S/C21H19FN8O/c22-15-11-24-8-5-16(15)28-21(31)18-12-26-20-17(27-14-1-2-14)9-19(29-30(18)20)25-10-13-3-6-23-7-4-13/h3-9,11-12,14,27H,1-2,10H2,(H,25,29)(H,24,28,31). The number of rotatable bonds is 7. The van der Waals surface area contributed by atoms with Crippen LogP contribution in [0.15, 0.2) is 55.2 Å². The fraction of sp³-hybridized carbons (Fsp3) is 0.190. The summed E-state index contributed by atoms with van der Waals surface area (Å²) < 4.78 is 15.4. The summed E-state index contributed by atoms with van der Waals surface area (Å²) in [4.78, 5) is 24.9. The molecule has 31 heavy (non-hydrogen) atoms. The van der Waals surface area contributed by atoms with Gasteiger partial charge in [-0.2, -0.15) is 0 Å². The lowest BCUT2D eigenvalue weighted by Gasteiger charge is -2.12. The molecule has 0 bridgehead atoms. The summed E-state index contributed by atoms with van der Waals surface area (Å²) in [7, 11) is 0. The van der Waals surface area contributed by atoms with Crippen molar-refractivity contribution in [2.24, 2.45) is 0 Å². The smallest absolute Gasteiger partial charge is 0.276 e. The van der Waals surface area contributed by atoms with E-state index >= 15 is 0 Å². The number of halogens is 1. The van der Waals surface area contributed by atoms with Crippen molar-refractivity contribution in [1.82, 2.24) is 24.6 Å². The summed E-state index contributed by atoms with van der Waals surface area (Å²) in [6, 6.07) is 7.49. The van der Waals surface area contributed by atoms with Gasteiger partial charge in [0, 0.05) is 37.2 Å². The average molecular weight is 418 g/mol. The molecule has 4 heterocycles. The van der Waals surface area contributed by atoms with Crippen molar-refractivity contribution >= 4 is 28.7 Å². The van der Waals surface area contributed by atoms with Crippen LogP contribution in [0.25, 0.3) is 5.65 Å². The van der Waals surface area contributed by atoms with E-state index in [9.17, 15) is 9.18 Å². The summed E-state index contributed by atoms with van der Waals surface area (Å²) in [6.45, 7) is 0.544. The van der Waals surface area contributed by atoms with Crippen molar-refractivity contribution in [1.29, 1.82) is 0 Å². The molecule has 4 aromatic rings. The number of carbonyl (C=O) groups is 1. The highest BCUT2D eigenvalue weighted by molar-refractivity contribution is 6.03. The predicted octanol–water partition coefficient (Wildman–Crippen LogP) is 3.10. The first kappa shape index (κ1) is 18.9. The van der Waals surface area contributed by atoms with Gasteiger partial charge >= 0.3 is 0 Å². The number of carbonyl (C=O) groups excluding carboxylic acids is 1. The van der Waals surface area contributed by atoms with E-state index in [1.54, 1.807) is 12.4 Å². The SMILES string of the molecule is O=C(Nc1ccncc1F)c1cnc2c(NC3CC3)cc(NCc3ccncc3)nn12. The maximum absolute atomic E-state index is 13.9. The minimum atomic E-state index is -0.617. The second kappa shape index (κ2) is 7.98. The molecule has 0 unspecified atom stereocenters. The molecule has 1 aliphatic rings. The number of pyridine rings is 2. The predicted molar refractivity (Wildman–Crippen MR) is 113 cm³/mol. The molecule has 1 aliphatic carbocycles. The number of anilines is 3. The van der Waals surface area contributed by atoms with Gasteiger partial charge in [0.1, 0.15) is 5.82 Å². The van der Waals surface area contributed by atoms with E-state index in [1.807, 2.05) is 18.2 Å². The minimum Gasteiger partial charge on any atom is -0.379 e. The molecular weight excluding hydrogens is 399 g/mol. The van der Waals surface area contributed by atoms with Crippen LogP contribution in [0.2, 0.25) is 0 Å². The Balaban J connectivity index is 1.47. The number of nitrogens with one attached hydrogen (secondary N) is 3. The molecule has 1 fully saturated rings. The van der Waals surface area contributed by atoms with Gasteiger partial charge in [0.05, 0.1) is 23.8 Å². The molecule has 0 atom stereocenters. The number of imidazole rings is 1. The van der Waals surface area contributed by atoms with E-state index in [-0.39, 0.29) is 11.4 Å². The quantitative estimate of drug-likeness (QED) is 0.423. The summed E-state index contributed by atoms with van der Waals surface area (Å²) in [5, 5.41) is 13.8. The van der Waals surface area contributed by atoms with Crippen LogP contribution in [0.5, 0.6) is 0 Å². The number of aromatic nitrogens is 5.